The fourth-order valence-electron chi connectivity index (χ4n) is 3.10. The van der Waals surface area contributed by atoms with Crippen molar-refractivity contribution < 1.29 is 0 Å². The number of aromatic nitrogens is 2. The van der Waals surface area contributed by atoms with Crippen LogP contribution in [0.25, 0.3) is 28.2 Å². The van der Waals surface area contributed by atoms with Crippen LogP contribution in [-0.2, 0) is 0 Å². The second-order valence-electron chi connectivity index (χ2n) is 6.78. The molecule has 140 valence electrons. The summed E-state index contributed by atoms with van der Waals surface area (Å²) in [7, 11) is 0. The van der Waals surface area contributed by atoms with Gasteiger partial charge < -0.3 is 0 Å². The molecule has 0 aliphatic carbocycles. The van der Waals surface area contributed by atoms with E-state index in [9.17, 15) is 0 Å². The lowest BCUT2D eigenvalue weighted by Crippen LogP contribution is -1.99. The number of aryl methyl sites for hydroxylation is 2. The van der Waals surface area contributed by atoms with Crippen LogP contribution in [0.2, 0.25) is 15.1 Å². The van der Waals surface area contributed by atoms with Crippen molar-refractivity contribution in [3.63, 3.8) is 0 Å². The summed E-state index contributed by atoms with van der Waals surface area (Å²) >= 11 is 19.3. The van der Waals surface area contributed by atoms with Gasteiger partial charge in [-0.15, -0.1) is 0 Å². The lowest BCUT2D eigenvalue weighted by molar-refractivity contribution is 0.892. The first-order valence-electron chi connectivity index (χ1n) is 8.81. The second-order valence-corrected chi connectivity index (χ2v) is 8.03. The van der Waals surface area contributed by atoms with E-state index in [-0.39, 0.29) is 0 Å². The van der Waals surface area contributed by atoms with Gasteiger partial charge >= 0.3 is 0 Å². The van der Waals surface area contributed by atoms with Gasteiger partial charge in [0.2, 0.25) is 0 Å². The van der Waals surface area contributed by atoms with Crippen molar-refractivity contribution in [1.82, 2.24) is 9.78 Å². The molecular formula is C23H17Cl3N2. The number of hydrogen-bond donors (Lipinski definition) is 0. The molecule has 0 bridgehead atoms. The molecule has 0 unspecified atom stereocenters. The average Bonchev–Trinajstić information content (AvgIpc) is 3.00. The Bertz CT molecular complexity index is 1120. The van der Waals surface area contributed by atoms with Crippen molar-refractivity contribution in [2.45, 2.75) is 13.8 Å². The Balaban J connectivity index is 1.98. The van der Waals surface area contributed by atoms with Gasteiger partial charge in [-0.05, 0) is 32.0 Å². The van der Waals surface area contributed by atoms with Gasteiger partial charge in [-0.2, -0.15) is 5.10 Å². The van der Waals surface area contributed by atoms with Crippen molar-refractivity contribution in [1.29, 1.82) is 0 Å². The molecule has 1 heterocycles. The fourth-order valence-corrected chi connectivity index (χ4v) is 3.95. The maximum absolute atomic E-state index is 6.86. The highest BCUT2D eigenvalue weighted by Gasteiger charge is 2.20. The van der Waals surface area contributed by atoms with Crippen molar-refractivity contribution in [3.05, 3.63) is 92.9 Å². The van der Waals surface area contributed by atoms with E-state index in [4.69, 9.17) is 39.9 Å². The molecule has 0 spiro atoms. The molecule has 0 N–H and O–H groups in total. The number of halogens is 3. The van der Waals surface area contributed by atoms with Crippen LogP contribution in [0.4, 0.5) is 0 Å². The Morgan fingerprint density at radius 2 is 1.18 bits per heavy atom. The molecule has 5 heteroatoms. The molecule has 0 atom stereocenters. The van der Waals surface area contributed by atoms with Crippen LogP contribution in [0.3, 0.4) is 0 Å². The van der Waals surface area contributed by atoms with E-state index in [0.29, 0.717) is 20.8 Å². The van der Waals surface area contributed by atoms with Crippen LogP contribution in [0.5, 0.6) is 0 Å². The zero-order valence-corrected chi connectivity index (χ0v) is 17.6. The van der Waals surface area contributed by atoms with E-state index in [0.717, 1.165) is 22.5 Å². The smallest absolute Gasteiger partial charge is 0.112 e. The van der Waals surface area contributed by atoms with Gasteiger partial charge in [0.15, 0.2) is 0 Å². The molecular weight excluding hydrogens is 411 g/mol. The number of rotatable bonds is 3. The Hall–Kier alpha value is -2.26. The van der Waals surface area contributed by atoms with E-state index in [2.05, 4.69) is 26.0 Å². The largest absolute Gasteiger partial charge is 0.231 e. The molecule has 28 heavy (non-hydrogen) atoms. The molecule has 0 aliphatic rings. The number of hydrogen-bond acceptors (Lipinski definition) is 1. The first-order chi connectivity index (χ1) is 13.4. The van der Waals surface area contributed by atoms with Crippen molar-refractivity contribution in [2.75, 3.05) is 0 Å². The average molecular weight is 428 g/mol. The Kier molecular flexibility index (Phi) is 5.20. The molecule has 0 radical (unpaired) electrons. The summed E-state index contributed by atoms with van der Waals surface area (Å²) in [6.45, 7) is 4.10. The Morgan fingerprint density at radius 1 is 0.679 bits per heavy atom. The third-order valence-corrected chi connectivity index (χ3v) is 5.36. The van der Waals surface area contributed by atoms with E-state index in [1.807, 2.05) is 48.5 Å². The topological polar surface area (TPSA) is 17.8 Å². The summed E-state index contributed by atoms with van der Waals surface area (Å²) in [6.07, 6.45) is 0. The normalized spacial score (nSPS) is 11.0. The summed E-state index contributed by atoms with van der Waals surface area (Å²) in [5.41, 5.74) is 6.56. The van der Waals surface area contributed by atoms with Gasteiger partial charge in [0.25, 0.3) is 0 Å². The van der Waals surface area contributed by atoms with Crippen LogP contribution < -0.4 is 0 Å². The van der Waals surface area contributed by atoms with Crippen molar-refractivity contribution >= 4 is 34.8 Å². The van der Waals surface area contributed by atoms with Gasteiger partial charge in [-0.1, -0.05) is 94.5 Å². The van der Waals surface area contributed by atoms with Gasteiger partial charge in [0.05, 0.1) is 16.4 Å². The molecule has 4 aromatic rings. The molecule has 4 rings (SSSR count). The standard InChI is InChI=1S/C23H17Cl3N2/c1-14-3-7-16(8-4-14)22-21(26)23(17-9-5-15(2)6-10-17)28(27-22)20-12-18(24)11-19(25)13-20/h3-13H,1-2H3. The van der Waals surface area contributed by atoms with Gasteiger partial charge in [0, 0.05) is 21.2 Å². The van der Waals surface area contributed by atoms with E-state index in [1.54, 1.807) is 10.7 Å². The van der Waals surface area contributed by atoms with Crippen LogP contribution in [0.15, 0.2) is 66.7 Å². The molecule has 0 saturated heterocycles. The summed E-state index contributed by atoms with van der Waals surface area (Å²) < 4.78 is 1.81. The maximum Gasteiger partial charge on any atom is 0.112 e. The summed E-state index contributed by atoms with van der Waals surface area (Å²) in [6, 6.07) is 21.7. The van der Waals surface area contributed by atoms with Crippen LogP contribution in [-0.4, -0.2) is 9.78 Å². The highest BCUT2D eigenvalue weighted by molar-refractivity contribution is 6.36. The van der Waals surface area contributed by atoms with Gasteiger partial charge in [0.1, 0.15) is 5.69 Å². The molecule has 2 nitrogen and oxygen atoms in total. The SMILES string of the molecule is Cc1ccc(-c2nn(-c3cc(Cl)cc(Cl)c3)c(-c3ccc(C)cc3)c2Cl)cc1. The summed E-state index contributed by atoms with van der Waals surface area (Å²) in [4.78, 5) is 0. The zero-order chi connectivity index (χ0) is 19.8. The molecule has 0 amide bonds. The number of nitrogens with zero attached hydrogens (tertiary/aromatic N) is 2. The third kappa shape index (κ3) is 3.68. The summed E-state index contributed by atoms with van der Waals surface area (Å²) in [5, 5.41) is 6.50. The number of benzene rings is 3. The minimum Gasteiger partial charge on any atom is -0.231 e. The molecule has 0 aliphatic heterocycles. The monoisotopic (exact) mass is 426 g/mol. The quantitative estimate of drug-likeness (QED) is 0.326. The zero-order valence-electron chi connectivity index (χ0n) is 15.4. The van der Waals surface area contributed by atoms with E-state index < -0.39 is 0 Å². The van der Waals surface area contributed by atoms with Crippen molar-refractivity contribution in [3.8, 4) is 28.2 Å². The van der Waals surface area contributed by atoms with Crippen molar-refractivity contribution in [2.24, 2.45) is 0 Å². The third-order valence-electron chi connectivity index (χ3n) is 4.57. The van der Waals surface area contributed by atoms with Gasteiger partial charge in [-0.25, -0.2) is 4.68 Å². The second kappa shape index (κ2) is 7.63. The Morgan fingerprint density at radius 3 is 1.71 bits per heavy atom. The predicted molar refractivity (Wildman–Crippen MR) is 119 cm³/mol. The van der Waals surface area contributed by atoms with Crippen LogP contribution >= 0.6 is 34.8 Å². The van der Waals surface area contributed by atoms with Gasteiger partial charge in [-0.3, -0.25) is 0 Å². The van der Waals surface area contributed by atoms with E-state index in [1.165, 1.54) is 11.1 Å². The highest BCUT2D eigenvalue weighted by Crippen LogP contribution is 2.38. The van der Waals surface area contributed by atoms with E-state index >= 15 is 0 Å². The maximum atomic E-state index is 6.86. The lowest BCUT2D eigenvalue weighted by Gasteiger charge is -2.09. The molecule has 1 aromatic heterocycles. The highest BCUT2D eigenvalue weighted by atomic mass is 35.5. The van der Waals surface area contributed by atoms with Crippen LogP contribution in [0.1, 0.15) is 11.1 Å². The first kappa shape index (κ1) is 19.1. The minimum absolute atomic E-state index is 0.542. The summed E-state index contributed by atoms with van der Waals surface area (Å²) in [5.74, 6) is 0. The van der Waals surface area contributed by atoms with Crippen LogP contribution in [0, 0.1) is 13.8 Å². The first-order valence-corrected chi connectivity index (χ1v) is 9.95. The lowest BCUT2D eigenvalue weighted by atomic mass is 10.1. The molecule has 3 aromatic carbocycles. The Labute approximate surface area is 179 Å². The fraction of sp³-hybridized carbons (Fsp3) is 0.0870. The predicted octanol–water partition coefficient (Wildman–Crippen LogP) is 7.78. The molecule has 0 saturated carbocycles. The minimum atomic E-state index is 0.542. The molecule has 0 fully saturated rings.